The summed E-state index contributed by atoms with van der Waals surface area (Å²) >= 11 is 0. The predicted molar refractivity (Wildman–Crippen MR) is 127 cm³/mol. The van der Waals surface area contributed by atoms with Gasteiger partial charge in [0.2, 0.25) is 0 Å². The molecule has 2 nitrogen and oxygen atoms in total. The van der Waals surface area contributed by atoms with Crippen molar-refractivity contribution in [3.63, 3.8) is 0 Å². The maximum absolute atomic E-state index is 6.64. The van der Waals surface area contributed by atoms with Crippen LogP contribution in [0.3, 0.4) is 0 Å². The largest absolute Gasteiger partial charge is 0.465 e. The highest BCUT2D eigenvalue weighted by molar-refractivity contribution is 6.91. The van der Waals surface area contributed by atoms with Crippen molar-refractivity contribution in [3.05, 3.63) is 23.8 Å². The van der Waals surface area contributed by atoms with E-state index in [1.165, 1.54) is 75.2 Å². The topological polar surface area (TPSA) is 18.5 Å². The lowest BCUT2D eigenvalue weighted by Crippen LogP contribution is -2.50. The minimum Gasteiger partial charge on any atom is -0.465 e. The Morgan fingerprint density at radius 1 is 0.933 bits per heavy atom. The summed E-state index contributed by atoms with van der Waals surface area (Å²) in [4.78, 5) is 0. The second-order valence-electron chi connectivity index (χ2n) is 11.2. The molecular weight excluding hydrogens is 384 g/mol. The average Bonchev–Trinajstić information content (AvgIpc) is 2.76. The number of hydrogen-bond acceptors (Lipinski definition) is 2. The van der Waals surface area contributed by atoms with E-state index in [0.717, 1.165) is 30.8 Å². The van der Waals surface area contributed by atoms with E-state index in [1.54, 1.807) is 10.8 Å². The fraction of sp³-hybridized carbons (Fsp3) is 0.778. The molecule has 1 aromatic rings. The molecule has 3 heteroatoms. The van der Waals surface area contributed by atoms with Gasteiger partial charge in [0.25, 0.3) is 0 Å². The molecule has 1 aromatic carbocycles. The summed E-state index contributed by atoms with van der Waals surface area (Å²) in [5.74, 6) is 4.05. The lowest BCUT2D eigenvalue weighted by atomic mass is 9.48. The first-order chi connectivity index (χ1) is 14.6. The van der Waals surface area contributed by atoms with Crippen molar-refractivity contribution >= 4 is 13.3 Å². The Balaban J connectivity index is 1.56. The van der Waals surface area contributed by atoms with Crippen LogP contribution >= 0.6 is 0 Å². The number of benzene rings is 1. The molecule has 0 N–H and O–H groups in total. The van der Waals surface area contributed by atoms with Gasteiger partial charge in [0.1, 0.15) is 5.75 Å². The molecule has 4 bridgehead atoms. The quantitative estimate of drug-likeness (QED) is 0.448. The molecule has 1 aliphatic heterocycles. The Labute approximate surface area is 185 Å². The van der Waals surface area contributed by atoms with Crippen molar-refractivity contribution in [3.8, 4) is 5.75 Å². The Morgan fingerprint density at radius 3 is 2.10 bits per heavy atom. The molecule has 5 aliphatic rings. The first kappa shape index (κ1) is 21.1. The van der Waals surface area contributed by atoms with Crippen LogP contribution in [0, 0.1) is 17.8 Å². The molecule has 1 saturated heterocycles. The van der Waals surface area contributed by atoms with Crippen molar-refractivity contribution in [1.82, 2.24) is 0 Å². The first-order valence-corrected chi connectivity index (χ1v) is 15.6. The molecule has 1 unspecified atom stereocenters. The SMILES string of the molecule is CC[Si](CC)(CC)c1ccc(OC2CCCCO2)c(C23CC4CC(CC(C4)C2)C3)c1. The normalized spacial score (nSPS) is 35.6. The summed E-state index contributed by atoms with van der Waals surface area (Å²) in [6, 6.07) is 11.5. The van der Waals surface area contributed by atoms with E-state index in [0.29, 0.717) is 5.41 Å². The highest BCUT2D eigenvalue weighted by atomic mass is 28.3. The highest BCUT2D eigenvalue weighted by Gasteiger charge is 2.53. The average molecular weight is 427 g/mol. The van der Waals surface area contributed by atoms with Gasteiger partial charge in [-0.1, -0.05) is 56.2 Å². The number of hydrogen-bond donors (Lipinski definition) is 0. The van der Waals surface area contributed by atoms with E-state index in [1.807, 2.05) is 0 Å². The minimum absolute atomic E-state index is 0.0391. The van der Waals surface area contributed by atoms with Crippen molar-refractivity contribution in [1.29, 1.82) is 0 Å². The minimum atomic E-state index is -1.40. The molecule has 6 rings (SSSR count). The van der Waals surface area contributed by atoms with E-state index in [9.17, 15) is 0 Å². The molecule has 1 atom stereocenters. The molecule has 30 heavy (non-hydrogen) atoms. The zero-order valence-electron chi connectivity index (χ0n) is 19.6. The van der Waals surface area contributed by atoms with Crippen LogP contribution in [0.25, 0.3) is 0 Å². The van der Waals surface area contributed by atoms with Crippen LogP contribution in [-0.4, -0.2) is 21.0 Å². The monoisotopic (exact) mass is 426 g/mol. The molecule has 1 heterocycles. The molecule has 0 spiro atoms. The molecule has 166 valence electrons. The van der Waals surface area contributed by atoms with Crippen LogP contribution in [0.5, 0.6) is 5.75 Å². The van der Waals surface area contributed by atoms with Crippen LogP contribution in [0.1, 0.15) is 84.1 Å². The summed E-state index contributed by atoms with van der Waals surface area (Å²) in [7, 11) is -1.40. The van der Waals surface area contributed by atoms with Crippen molar-refractivity contribution < 1.29 is 9.47 Å². The smallest absolute Gasteiger partial charge is 0.199 e. The second kappa shape index (κ2) is 8.28. The van der Waals surface area contributed by atoms with Crippen LogP contribution in [-0.2, 0) is 10.2 Å². The van der Waals surface area contributed by atoms with Gasteiger partial charge in [-0.2, -0.15) is 0 Å². The van der Waals surface area contributed by atoms with Gasteiger partial charge in [0.05, 0.1) is 14.7 Å². The molecule has 0 aromatic heterocycles. The van der Waals surface area contributed by atoms with Gasteiger partial charge < -0.3 is 9.47 Å². The molecule has 0 radical (unpaired) electrons. The lowest BCUT2D eigenvalue weighted by molar-refractivity contribution is -0.107. The fourth-order valence-corrected chi connectivity index (χ4v) is 11.7. The van der Waals surface area contributed by atoms with Gasteiger partial charge in [-0.3, -0.25) is 0 Å². The van der Waals surface area contributed by atoms with Crippen LogP contribution in [0.15, 0.2) is 18.2 Å². The van der Waals surface area contributed by atoms with E-state index in [2.05, 4.69) is 39.0 Å². The van der Waals surface area contributed by atoms with Crippen LogP contribution in [0.2, 0.25) is 18.1 Å². The Kier molecular flexibility index (Phi) is 5.81. The Hall–Kier alpha value is -0.803. The second-order valence-corrected chi connectivity index (χ2v) is 16.4. The van der Waals surface area contributed by atoms with Gasteiger partial charge in [-0.25, -0.2) is 0 Å². The Morgan fingerprint density at radius 2 is 1.57 bits per heavy atom. The summed E-state index contributed by atoms with van der Waals surface area (Å²) in [5.41, 5.74) is 1.96. The van der Waals surface area contributed by atoms with Crippen molar-refractivity contribution in [2.24, 2.45) is 17.8 Å². The molecule has 4 aliphatic carbocycles. The number of ether oxygens (including phenoxy) is 2. The zero-order chi connectivity index (χ0) is 20.8. The van der Waals surface area contributed by atoms with Gasteiger partial charge in [0, 0.05) is 12.0 Å². The van der Waals surface area contributed by atoms with E-state index >= 15 is 0 Å². The lowest BCUT2D eigenvalue weighted by Gasteiger charge is -2.57. The van der Waals surface area contributed by atoms with Crippen molar-refractivity contribution in [2.75, 3.05) is 6.61 Å². The highest BCUT2D eigenvalue weighted by Crippen LogP contribution is 2.62. The van der Waals surface area contributed by atoms with Crippen molar-refractivity contribution in [2.45, 2.75) is 108 Å². The summed E-state index contributed by atoms with van der Waals surface area (Å²) in [6.07, 6.45) is 12.1. The predicted octanol–water partition coefficient (Wildman–Crippen LogP) is 6.78. The maximum Gasteiger partial charge on any atom is 0.199 e. The summed E-state index contributed by atoms with van der Waals surface area (Å²) in [6.45, 7) is 8.16. The third-order valence-electron chi connectivity index (χ3n) is 9.63. The molecule has 4 saturated carbocycles. The standard InChI is InChI=1S/C27H42O2Si/c1-4-30(5-2,6-3)23-10-11-25(29-26-9-7-8-12-28-26)24(16-23)27-17-20-13-21(18-27)15-22(14-20)19-27/h10-11,16,20-22,26H,4-9,12-15,17-19H2,1-3H3. The van der Waals surface area contributed by atoms with Crippen LogP contribution in [0.4, 0.5) is 0 Å². The first-order valence-electron chi connectivity index (χ1n) is 13.0. The fourth-order valence-electron chi connectivity index (χ4n) is 8.13. The van der Waals surface area contributed by atoms with E-state index in [4.69, 9.17) is 9.47 Å². The number of rotatable bonds is 7. The molecule has 0 amide bonds. The van der Waals surface area contributed by atoms with Gasteiger partial charge in [-0.05, 0) is 80.6 Å². The molecule has 5 fully saturated rings. The van der Waals surface area contributed by atoms with Crippen LogP contribution < -0.4 is 9.92 Å². The van der Waals surface area contributed by atoms with E-state index < -0.39 is 8.07 Å². The third-order valence-corrected chi connectivity index (χ3v) is 15.2. The summed E-state index contributed by atoms with van der Waals surface area (Å²) < 4.78 is 12.6. The Bertz CT molecular complexity index is 704. The van der Waals surface area contributed by atoms with Gasteiger partial charge in [0.15, 0.2) is 6.29 Å². The maximum atomic E-state index is 6.64. The van der Waals surface area contributed by atoms with Gasteiger partial charge in [-0.15, -0.1) is 0 Å². The third kappa shape index (κ3) is 3.58. The van der Waals surface area contributed by atoms with E-state index in [-0.39, 0.29) is 6.29 Å². The molecular formula is C27H42O2Si. The summed E-state index contributed by atoms with van der Waals surface area (Å²) in [5, 5.41) is 1.69. The van der Waals surface area contributed by atoms with Gasteiger partial charge >= 0.3 is 0 Å². The zero-order valence-corrected chi connectivity index (χ0v) is 20.6.